The molecule has 0 saturated carbocycles. The van der Waals surface area contributed by atoms with Crippen LogP contribution in [-0.2, 0) is 0 Å². The molecule has 0 bridgehead atoms. The second-order valence-electron chi connectivity index (χ2n) is 4.41. The zero-order valence-electron chi connectivity index (χ0n) is 9.69. The minimum absolute atomic E-state index is 0.297. The van der Waals surface area contributed by atoms with E-state index in [1.165, 1.54) is 6.42 Å². The molecule has 1 atom stereocenters. The Kier molecular flexibility index (Phi) is 2.96. The van der Waals surface area contributed by atoms with Crippen LogP contribution in [0.3, 0.4) is 0 Å². The molecule has 90 valence electrons. The summed E-state index contributed by atoms with van der Waals surface area (Å²) in [6.07, 6.45) is 5.35. The molecule has 1 unspecified atom stereocenters. The Balaban J connectivity index is 1.81. The summed E-state index contributed by atoms with van der Waals surface area (Å²) in [7, 11) is 0. The number of nitrogens with one attached hydrogen (secondary N) is 1. The fraction of sp³-hybridized carbons (Fsp3) is 0.462. The van der Waals surface area contributed by atoms with Crippen LogP contribution in [0.4, 0.5) is 0 Å². The summed E-state index contributed by atoms with van der Waals surface area (Å²) < 4.78 is 11.2. The largest absolute Gasteiger partial charge is 0.490 e. The van der Waals surface area contributed by atoms with Gasteiger partial charge in [0.15, 0.2) is 5.58 Å². The molecule has 1 aliphatic rings. The molecule has 1 N–H and O–H groups in total. The molecule has 0 radical (unpaired) electrons. The van der Waals surface area contributed by atoms with E-state index in [2.05, 4.69) is 10.5 Å². The van der Waals surface area contributed by atoms with Crippen molar-refractivity contribution in [3.8, 4) is 5.75 Å². The summed E-state index contributed by atoms with van der Waals surface area (Å²) in [5, 5.41) is 8.15. The molecule has 3 rings (SSSR count). The van der Waals surface area contributed by atoms with E-state index in [0.29, 0.717) is 6.10 Å². The molecule has 1 aromatic heterocycles. The quantitative estimate of drug-likeness (QED) is 0.863. The van der Waals surface area contributed by atoms with Crippen molar-refractivity contribution in [1.82, 2.24) is 10.5 Å². The summed E-state index contributed by atoms with van der Waals surface area (Å²) in [5.74, 6) is 0.885. The molecule has 1 aliphatic heterocycles. The first kappa shape index (κ1) is 10.6. The van der Waals surface area contributed by atoms with Gasteiger partial charge in [0.2, 0.25) is 0 Å². The molecule has 17 heavy (non-hydrogen) atoms. The van der Waals surface area contributed by atoms with Crippen molar-refractivity contribution in [2.24, 2.45) is 0 Å². The molecule has 4 nitrogen and oxygen atoms in total. The number of aromatic nitrogens is 1. The van der Waals surface area contributed by atoms with Crippen LogP contribution in [-0.4, -0.2) is 24.4 Å². The number of hydrogen-bond acceptors (Lipinski definition) is 4. The van der Waals surface area contributed by atoms with Crippen molar-refractivity contribution in [3.63, 3.8) is 0 Å². The SMILES string of the molecule is c1cc(OC2CCCNCC2)c2cnoc2c1. The lowest BCUT2D eigenvalue weighted by Crippen LogP contribution is -2.19. The fourth-order valence-corrected chi connectivity index (χ4v) is 2.25. The van der Waals surface area contributed by atoms with Gasteiger partial charge in [-0.15, -0.1) is 0 Å². The Morgan fingerprint density at radius 2 is 2.29 bits per heavy atom. The highest BCUT2D eigenvalue weighted by Gasteiger charge is 2.15. The van der Waals surface area contributed by atoms with Crippen LogP contribution >= 0.6 is 0 Å². The number of benzene rings is 1. The first-order chi connectivity index (χ1) is 8.43. The highest BCUT2D eigenvalue weighted by atomic mass is 16.5. The Bertz CT molecular complexity index is 487. The van der Waals surface area contributed by atoms with E-state index in [4.69, 9.17) is 9.26 Å². The smallest absolute Gasteiger partial charge is 0.170 e. The normalized spacial score (nSPS) is 21.3. The van der Waals surface area contributed by atoms with Crippen molar-refractivity contribution in [3.05, 3.63) is 24.4 Å². The van der Waals surface area contributed by atoms with Crippen LogP contribution in [0.1, 0.15) is 19.3 Å². The Labute approximate surface area is 99.9 Å². The predicted molar refractivity (Wildman–Crippen MR) is 65.1 cm³/mol. The molecule has 2 aromatic rings. The molecule has 1 fully saturated rings. The van der Waals surface area contributed by atoms with E-state index in [9.17, 15) is 0 Å². The Hall–Kier alpha value is -1.55. The first-order valence-electron chi connectivity index (χ1n) is 6.14. The van der Waals surface area contributed by atoms with Crippen molar-refractivity contribution in [1.29, 1.82) is 0 Å². The summed E-state index contributed by atoms with van der Waals surface area (Å²) in [6.45, 7) is 2.13. The monoisotopic (exact) mass is 232 g/mol. The highest BCUT2D eigenvalue weighted by molar-refractivity contribution is 5.82. The van der Waals surface area contributed by atoms with E-state index in [1.54, 1.807) is 6.20 Å². The maximum Gasteiger partial charge on any atom is 0.170 e. The first-order valence-corrected chi connectivity index (χ1v) is 6.14. The van der Waals surface area contributed by atoms with Crippen LogP contribution in [0.15, 0.2) is 28.9 Å². The van der Waals surface area contributed by atoms with Gasteiger partial charge in [0.1, 0.15) is 5.75 Å². The zero-order valence-corrected chi connectivity index (χ0v) is 9.69. The maximum atomic E-state index is 6.07. The van der Waals surface area contributed by atoms with Gasteiger partial charge in [-0.25, -0.2) is 0 Å². The van der Waals surface area contributed by atoms with Gasteiger partial charge in [-0.1, -0.05) is 11.2 Å². The Morgan fingerprint density at radius 1 is 1.29 bits per heavy atom. The molecule has 0 amide bonds. The number of ether oxygens (including phenoxy) is 1. The van der Waals surface area contributed by atoms with Crippen molar-refractivity contribution < 1.29 is 9.26 Å². The van der Waals surface area contributed by atoms with E-state index in [-0.39, 0.29) is 0 Å². The van der Waals surface area contributed by atoms with E-state index < -0.39 is 0 Å². The van der Waals surface area contributed by atoms with Crippen LogP contribution in [0, 0.1) is 0 Å². The lowest BCUT2D eigenvalue weighted by atomic mass is 10.1. The second-order valence-corrected chi connectivity index (χ2v) is 4.41. The lowest BCUT2D eigenvalue weighted by molar-refractivity contribution is 0.190. The van der Waals surface area contributed by atoms with Crippen molar-refractivity contribution in [2.75, 3.05) is 13.1 Å². The van der Waals surface area contributed by atoms with Crippen LogP contribution < -0.4 is 10.1 Å². The van der Waals surface area contributed by atoms with E-state index >= 15 is 0 Å². The number of nitrogens with zero attached hydrogens (tertiary/aromatic N) is 1. The minimum atomic E-state index is 0.297. The van der Waals surface area contributed by atoms with Gasteiger partial charge in [0.25, 0.3) is 0 Å². The lowest BCUT2D eigenvalue weighted by Gasteiger charge is -2.16. The van der Waals surface area contributed by atoms with Crippen LogP contribution in [0.2, 0.25) is 0 Å². The van der Waals surface area contributed by atoms with Gasteiger partial charge in [-0.05, 0) is 44.5 Å². The van der Waals surface area contributed by atoms with E-state index in [0.717, 1.165) is 42.6 Å². The summed E-state index contributed by atoms with van der Waals surface area (Å²) in [6, 6.07) is 5.83. The molecule has 4 heteroatoms. The zero-order chi connectivity index (χ0) is 11.5. The number of hydrogen-bond donors (Lipinski definition) is 1. The molecular formula is C13H16N2O2. The molecule has 0 aliphatic carbocycles. The topological polar surface area (TPSA) is 47.3 Å². The summed E-state index contributed by atoms with van der Waals surface area (Å²) >= 11 is 0. The highest BCUT2D eigenvalue weighted by Crippen LogP contribution is 2.27. The van der Waals surface area contributed by atoms with Gasteiger partial charge < -0.3 is 14.6 Å². The predicted octanol–water partition coefficient (Wildman–Crippen LogP) is 2.35. The van der Waals surface area contributed by atoms with Gasteiger partial charge in [-0.3, -0.25) is 0 Å². The third-order valence-corrected chi connectivity index (χ3v) is 3.18. The standard InChI is InChI=1S/C13H16N2O2/c1-4-12(11-9-15-17-13(11)5-1)16-10-3-2-7-14-8-6-10/h1,4-5,9-10,14H,2-3,6-8H2. The molecule has 1 saturated heterocycles. The van der Waals surface area contributed by atoms with E-state index in [1.807, 2.05) is 18.2 Å². The third-order valence-electron chi connectivity index (χ3n) is 3.18. The molecule has 1 aromatic carbocycles. The van der Waals surface area contributed by atoms with Gasteiger partial charge in [0, 0.05) is 0 Å². The second kappa shape index (κ2) is 4.75. The van der Waals surface area contributed by atoms with Gasteiger partial charge in [-0.2, -0.15) is 0 Å². The summed E-state index contributed by atoms with van der Waals surface area (Å²) in [5.41, 5.74) is 0.786. The maximum absolute atomic E-state index is 6.07. The van der Waals surface area contributed by atoms with Gasteiger partial charge >= 0.3 is 0 Å². The average Bonchev–Trinajstić information content (AvgIpc) is 2.69. The van der Waals surface area contributed by atoms with Crippen LogP contribution in [0.5, 0.6) is 5.75 Å². The fourth-order valence-electron chi connectivity index (χ4n) is 2.25. The van der Waals surface area contributed by atoms with Crippen molar-refractivity contribution in [2.45, 2.75) is 25.4 Å². The number of fused-ring (bicyclic) bond motifs is 1. The Morgan fingerprint density at radius 3 is 3.29 bits per heavy atom. The number of rotatable bonds is 2. The molecule has 2 heterocycles. The minimum Gasteiger partial charge on any atom is -0.490 e. The summed E-state index contributed by atoms with van der Waals surface area (Å²) in [4.78, 5) is 0. The molecule has 0 spiro atoms. The van der Waals surface area contributed by atoms with Gasteiger partial charge in [0.05, 0.1) is 17.7 Å². The molecular weight excluding hydrogens is 216 g/mol. The van der Waals surface area contributed by atoms with Crippen LogP contribution in [0.25, 0.3) is 11.0 Å². The average molecular weight is 232 g/mol. The van der Waals surface area contributed by atoms with Crippen molar-refractivity contribution >= 4 is 11.0 Å². The third kappa shape index (κ3) is 2.26.